The first-order valence-corrected chi connectivity index (χ1v) is 13.8. The molecule has 4 aromatic carbocycles. The van der Waals surface area contributed by atoms with E-state index < -0.39 is 0 Å². The van der Waals surface area contributed by atoms with Crippen molar-refractivity contribution in [3.63, 3.8) is 0 Å². The summed E-state index contributed by atoms with van der Waals surface area (Å²) in [4.78, 5) is 0. The smallest absolute Gasteiger partial charge is 0.0171 e. The second-order valence-electron chi connectivity index (χ2n) is 10.1. The van der Waals surface area contributed by atoms with Crippen LogP contribution in [0.5, 0.6) is 0 Å². The number of hydrogen-bond acceptors (Lipinski definition) is 0. The predicted octanol–water partition coefficient (Wildman–Crippen LogP) is 10.7. The summed E-state index contributed by atoms with van der Waals surface area (Å²) < 4.78 is 0. The van der Waals surface area contributed by atoms with E-state index in [-0.39, 0.29) is 0 Å². The Hall–Kier alpha value is -2.60. The third kappa shape index (κ3) is 6.72. The Morgan fingerprint density at radius 3 is 1.62 bits per heavy atom. The van der Waals surface area contributed by atoms with E-state index in [0.717, 1.165) is 6.42 Å². The van der Waals surface area contributed by atoms with Crippen LogP contribution in [0.15, 0.2) is 72.8 Å². The summed E-state index contributed by atoms with van der Waals surface area (Å²) in [6, 6.07) is 27.8. The van der Waals surface area contributed by atoms with Crippen LogP contribution in [0.2, 0.25) is 0 Å². The van der Waals surface area contributed by atoms with Gasteiger partial charge in [-0.2, -0.15) is 0 Å². The first kappa shape index (κ1) is 24.5. The van der Waals surface area contributed by atoms with Crippen molar-refractivity contribution in [2.45, 2.75) is 90.9 Å². The molecule has 4 rings (SSSR count). The molecule has 0 radical (unpaired) electrons. The van der Waals surface area contributed by atoms with Gasteiger partial charge in [0.2, 0.25) is 0 Å². The largest absolute Gasteiger partial charge is 0.0654 e. The fraction of sp³-hybridized carbons (Fsp3) is 0.412. The Bertz CT molecular complexity index is 1170. The van der Waals surface area contributed by atoms with Crippen LogP contribution in [0, 0.1) is 0 Å². The lowest BCUT2D eigenvalue weighted by Gasteiger charge is -2.09. The van der Waals surface area contributed by atoms with Gasteiger partial charge in [-0.3, -0.25) is 0 Å². The lowest BCUT2D eigenvalue weighted by Crippen LogP contribution is -1.88. The van der Waals surface area contributed by atoms with Crippen molar-refractivity contribution in [2.24, 2.45) is 0 Å². The first-order chi connectivity index (χ1) is 16.8. The zero-order valence-corrected chi connectivity index (χ0v) is 21.4. The summed E-state index contributed by atoms with van der Waals surface area (Å²) >= 11 is 0. The minimum absolute atomic E-state index is 1.16. The van der Waals surface area contributed by atoms with Crippen LogP contribution >= 0.6 is 0 Å². The van der Waals surface area contributed by atoms with Crippen molar-refractivity contribution in [3.05, 3.63) is 83.9 Å². The minimum Gasteiger partial charge on any atom is -0.0654 e. The van der Waals surface area contributed by atoms with Gasteiger partial charge >= 0.3 is 0 Å². The van der Waals surface area contributed by atoms with Crippen molar-refractivity contribution in [3.8, 4) is 11.1 Å². The summed E-state index contributed by atoms with van der Waals surface area (Å²) in [7, 11) is 0. The maximum atomic E-state index is 2.42. The van der Waals surface area contributed by atoms with Crippen LogP contribution in [0.1, 0.15) is 89.2 Å². The molecule has 0 fully saturated rings. The van der Waals surface area contributed by atoms with Gasteiger partial charge in [0.1, 0.15) is 0 Å². The van der Waals surface area contributed by atoms with E-state index in [0.29, 0.717) is 0 Å². The lowest BCUT2D eigenvalue weighted by molar-refractivity contribution is 0.565. The highest BCUT2D eigenvalue weighted by molar-refractivity contribution is 5.99. The molecule has 0 aliphatic heterocycles. The van der Waals surface area contributed by atoms with Gasteiger partial charge in [-0.1, -0.05) is 126 Å². The van der Waals surface area contributed by atoms with Gasteiger partial charge in [0, 0.05) is 0 Å². The van der Waals surface area contributed by atoms with E-state index in [2.05, 4.69) is 86.6 Å². The molecule has 4 aromatic rings. The molecule has 178 valence electrons. The third-order valence-corrected chi connectivity index (χ3v) is 7.25. The van der Waals surface area contributed by atoms with Crippen LogP contribution in [-0.2, 0) is 12.8 Å². The van der Waals surface area contributed by atoms with Gasteiger partial charge in [0.15, 0.2) is 0 Å². The molecule has 0 unspecified atom stereocenters. The molecule has 0 heterocycles. The highest BCUT2D eigenvalue weighted by atomic mass is 14.1. The second kappa shape index (κ2) is 12.7. The Labute approximate surface area is 207 Å². The third-order valence-electron chi connectivity index (χ3n) is 7.25. The van der Waals surface area contributed by atoms with Crippen molar-refractivity contribution in [2.75, 3.05) is 0 Å². The zero-order chi connectivity index (χ0) is 23.6. The van der Waals surface area contributed by atoms with E-state index in [1.165, 1.54) is 114 Å². The van der Waals surface area contributed by atoms with Gasteiger partial charge in [-0.25, -0.2) is 0 Å². The Kier molecular flexibility index (Phi) is 9.19. The molecular weight excluding hydrogens is 408 g/mol. The van der Waals surface area contributed by atoms with Gasteiger partial charge < -0.3 is 0 Å². The molecule has 0 saturated heterocycles. The fourth-order valence-electron chi connectivity index (χ4n) is 5.17. The number of benzene rings is 4. The van der Waals surface area contributed by atoms with E-state index in [1.807, 2.05) is 0 Å². The highest BCUT2D eigenvalue weighted by Crippen LogP contribution is 2.29. The summed E-state index contributed by atoms with van der Waals surface area (Å²) in [5.41, 5.74) is 5.52. The summed E-state index contributed by atoms with van der Waals surface area (Å²) in [6.07, 6.45) is 16.1. The van der Waals surface area contributed by atoms with Crippen LogP contribution in [-0.4, -0.2) is 0 Å². The molecule has 34 heavy (non-hydrogen) atoms. The second-order valence-corrected chi connectivity index (χ2v) is 10.1. The Morgan fingerprint density at radius 2 is 0.941 bits per heavy atom. The SMILES string of the molecule is CCCCCCCCCCCc1ccc2cc3cc(-c4ccc(CCC)cc4)ccc3cc2c1. The normalized spacial score (nSPS) is 11.5. The molecule has 0 nitrogen and oxygen atoms in total. The molecule has 0 N–H and O–H groups in total. The highest BCUT2D eigenvalue weighted by Gasteiger charge is 2.04. The van der Waals surface area contributed by atoms with Crippen molar-refractivity contribution < 1.29 is 0 Å². The van der Waals surface area contributed by atoms with Crippen LogP contribution in [0.3, 0.4) is 0 Å². The Morgan fingerprint density at radius 1 is 0.382 bits per heavy atom. The molecule has 0 amide bonds. The number of unbranched alkanes of at least 4 members (excludes halogenated alkanes) is 8. The van der Waals surface area contributed by atoms with E-state index >= 15 is 0 Å². The lowest BCUT2D eigenvalue weighted by atomic mass is 9.96. The number of hydrogen-bond donors (Lipinski definition) is 0. The topological polar surface area (TPSA) is 0 Å². The molecule has 0 spiro atoms. The molecule has 0 aliphatic rings. The molecule has 0 aliphatic carbocycles. The van der Waals surface area contributed by atoms with E-state index in [4.69, 9.17) is 0 Å². The summed E-state index contributed by atoms with van der Waals surface area (Å²) in [5.74, 6) is 0. The van der Waals surface area contributed by atoms with Crippen LogP contribution < -0.4 is 0 Å². The summed E-state index contributed by atoms with van der Waals surface area (Å²) in [6.45, 7) is 4.53. The first-order valence-electron chi connectivity index (χ1n) is 13.8. The van der Waals surface area contributed by atoms with Crippen LogP contribution in [0.25, 0.3) is 32.7 Å². The van der Waals surface area contributed by atoms with Gasteiger partial charge in [-0.05, 0) is 81.3 Å². The molecule has 0 heteroatoms. The molecule has 0 saturated carbocycles. The molecule has 0 bridgehead atoms. The van der Waals surface area contributed by atoms with Gasteiger partial charge in [0.25, 0.3) is 0 Å². The fourth-order valence-corrected chi connectivity index (χ4v) is 5.17. The standard InChI is InChI=1S/C34H42/c1-3-5-6-7-8-9-10-11-12-14-28-17-20-31-26-34-24-30(21-22-32(34)25-33(31)23-28)29-18-15-27(13-4-2)16-19-29/h15-26H,3-14H2,1-2H3. The Balaban J connectivity index is 1.37. The predicted molar refractivity (Wildman–Crippen MR) is 152 cm³/mol. The molecule has 0 aromatic heterocycles. The monoisotopic (exact) mass is 450 g/mol. The number of fused-ring (bicyclic) bond motifs is 2. The molecular formula is C34H42. The summed E-state index contributed by atoms with van der Waals surface area (Å²) in [5, 5.41) is 5.38. The quantitative estimate of drug-likeness (QED) is 0.140. The van der Waals surface area contributed by atoms with Gasteiger partial charge in [0.05, 0.1) is 0 Å². The van der Waals surface area contributed by atoms with E-state index in [1.54, 1.807) is 0 Å². The van der Waals surface area contributed by atoms with E-state index in [9.17, 15) is 0 Å². The maximum absolute atomic E-state index is 2.42. The van der Waals surface area contributed by atoms with Crippen molar-refractivity contribution in [1.82, 2.24) is 0 Å². The number of rotatable bonds is 13. The van der Waals surface area contributed by atoms with Crippen molar-refractivity contribution in [1.29, 1.82) is 0 Å². The molecule has 0 atom stereocenters. The number of aryl methyl sites for hydroxylation is 2. The minimum atomic E-state index is 1.16. The maximum Gasteiger partial charge on any atom is -0.0171 e. The zero-order valence-electron chi connectivity index (χ0n) is 21.4. The van der Waals surface area contributed by atoms with Crippen molar-refractivity contribution >= 4 is 21.5 Å². The van der Waals surface area contributed by atoms with Gasteiger partial charge in [-0.15, -0.1) is 0 Å². The van der Waals surface area contributed by atoms with Crippen LogP contribution in [0.4, 0.5) is 0 Å². The average molecular weight is 451 g/mol. The average Bonchev–Trinajstić information content (AvgIpc) is 2.87.